The monoisotopic (exact) mass is 338 g/mol. The number of carbonyl (C=O) groups is 2. The lowest BCUT2D eigenvalue weighted by molar-refractivity contribution is 0.0600. The average molecular weight is 338 g/mol. The van der Waals surface area contributed by atoms with Crippen LogP contribution in [-0.2, 0) is 10.2 Å². The van der Waals surface area contributed by atoms with E-state index in [0.717, 1.165) is 17.5 Å². The lowest BCUT2D eigenvalue weighted by atomic mass is 9.73. The SMILES string of the molecule is CCC(=O)c1cc(C(=O)OC)cc2c1OCC2(CC)c1ccccc1. The molecule has 1 aliphatic heterocycles. The molecule has 0 bridgehead atoms. The molecule has 0 aromatic heterocycles. The summed E-state index contributed by atoms with van der Waals surface area (Å²) in [6.07, 6.45) is 1.15. The van der Waals surface area contributed by atoms with Gasteiger partial charge in [0.2, 0.25) is 0 Å². The first-order valence-corrected chi connectivity index (χ1v) is 8.55. The second kappa shape index (κ2) is 6.71. The lowest BCUT2D eigenvalue weighted by Gasteiger charge is -2.27. The van der Waals surface area contributed by atoms with Gasteiger partial charge in [-0.05, 0) is 24.1 Å². The van der Waals surface area contributed by atoms with Crippen LogP contribution in [0.5, 0.6) is 5.75 Å². The van der Waals surface area contributed by atoms with Crippen molar-refractivity contribution in [2.75, 3.05) is 13.7 Å². The molecule has 4 heteroatoms. The predicted octanol–water partition coefficient (Wildman–Crippen LogP) is 4.15. The molecule has 0 fully saturated rings. The van der Waals surface area contributed by atoms with E-state index in [-0.39, 0.29) is 11.2 Å². The van der Waals surface area contributed by atoms with Crippen LogP contribution in [0.4, 0.5) is 0 Å². The van der Waals surface area contributed by atoms with E-state index in [1.807, 2.05) is 24.3 Å². The highest BCUT2D eigenvalue weighted by Gasteiger charge is 2.43. The molecule has 1 atom stereocenters. The molecular weight excluding hydrogens is 316 g/mol. The molecule has 3 rings (SSSR count). The number of methoxy groups -OCH3 is 1. The number of Topliss-reactive ketones (excluding diaryl/α,β-unsaturated/α-hetero) is 1. The van der Waals surface area contributed by atoms with Crippen LogP contribution in [0.15, 0.2) is 42.5 Å². The van der Waals surface area contributed by atoms with Crippen molar-refractivity contribution < 1.29 is 19.1 Å². The summed E-state index contributed by atoms with van der Waals surface area (Å²) < 4.78 is 10.9. The van der Waals surface area contributed by atoms with Crippen LogP contribution in [0, 0.1) is 0 Å². The van der Waals surface area contributed by atoms with Gasteiger partial charge in [0.15, 0.2) is 5.78 Å². The molecule has 1 unspecified atom stereocenters. The summed E-state index contributed by atoms with van der Waals surface area (Å²) in [6.45, 7) is 4.35. The first kappa shape index (κ1) is 17.2. The number of rotatable bonds is 5. The summed E-state index contributed by atoms with van der Waals surface area (Å²) in [6, 6.07) is 13.5. The summed E-state index contributed by atoms with van der Waals surface area (Å²) in [5, 5.41) is 0. The van der Waals surface area contributed by atoms with Crippen LogP contribution in [0.3, 0.4) is 0 Å². The number of hydrogen-bond donors (Lipinski definition) is 0. The number of esters is 1. The van der Waals surface area contributed by atoms with Gasteiger partial charge >= 0.3 is 5.97 Å². The minimum Gasteiger partial charge on any atom is -0.491 e. The summed E-state index contributed by atoms with van der Waals surface area (Å²) in [5.41, 5.74) is 2.49. The summed E-state index contributed by atoms with van der Waals surface area (Å²) >= 11 is 0. The van der Waals surface area contributed by atoms with Crippen molar-refractivity contribution >= 4 is 11.8 Å². The molecule has 1 aliphatic rings. The molecule has 2 aromatic carbocycles. The molecule has 0 aliphatic carbocycles. The highest BCUT2D eigenvalue weighted by molar-refractivity contribution is 6.02. The molecule has 0 radical (unpaired) electrons. The topological polar surface area (TPSA) is 52.6 Å². The first-order chi connectivity index (χ1) is 12.1. The maximum Gasteiger partial charge on any atom is 0.337 e. The third kappa shape index (κ3) is 2.72. The van der Waals surface area contributed by atoms with E-state index in [1.54, 1.807) is 13.0 Å². The van der Waals surface area contributed by atoms with Crippen molar-refractivity contribution in [3.8, 4) is 5.75 Å². The number of hydrogen-bond acceptors (Lipinski definition) is 4. The quantitative estimate of drug-likeness (QED) is 0.607. The van der Waals surface area contributed by atoms with Crippen molar-refractivity contribution in [3.63, 3.8) is 0 Å². The summed E-state index contributed by atoms with van der Waals surface area (Å²) in [5.74, 6) is 0.116. The fraction of sp³-hybridized carbons (Fsp3) is 0.333. The van der Waals surface area contributed by atoms with Gasteiger partial charge < -0.3 is 9.47 Å². The highest BCUT2D eigenvalue weighted by Crippen LogP contribution is 2.48. The Bertz CT molecular complexity index is 810. The van der Waals surface area contributed by atoms with Crippen molar-refractivity contribution in [1.82, 2.24) is 0 Å². The van der Waals surface area contributed by atoms with Gasteiger partial charge in [-0.1, -0.05) is 44.2 Å². The van der Waals surface area contributed by atoms with E-state index in [1.165, 1.54) is 7.11 Å². The van der Waals surface area contributed by atoms with Crippen molar-refractivity contribution in [2.24, 2.45) is 0 Å². The van der Waals surface area contributed by atoms with Crippen LogP contribution in [-0.4, -0.2) is 25.5 Å². The molecule has 1 heterocycles. The Hall–Kier alpha value is -2.62. The van der Waals surface area contributed by atoms with Gasteiger partial charge in [-0.25, -0.2) is 4.79 Å². The Morgan fingerprint density at radius 3 is 2.48 bits per heavy atom. The highest BCUT2D eigenvalue weighted by atomic mass is 16.5. The lowest BCUT2D eigenvalue weighted by Crippen LogP contribution is -2.28. The number of benzene rings is 2. The average Bonchev–Trinajstić information content (AvgIpc) is 3.06. The zero-order chi connectivity index (χ0) is 18.0. The number of carbonyl (C=O) groups excluding carboxylic acids is 2. The zero-order valence-electron chi connectivity index (χ0n) is 14.8. The summed E-state index contributed by atoms with van der Waals surface area (Å²) in [4.78, 5) is 24.6. The van der Waals surface area contributed by atoms with E-state index >= 15 is 0 Å². The number of fused-ring (bicyclic) bond motifs is 1. The minimum atomic E-state index is -0.446. The Balaban J connectivity index is 2.27. The fourth-order valence-corrected chi connectivity index (χ4v) is 3.54. The minimum absolute atomic E-state index is 0.0398. The molecule has 4 nitrogen and oxygen atoms in total. The van der Waals surface area contributed by atoms with Crippen LogP contribution >= 0.6 is 0 Å². The van der Waals surface area contributed by atoms with Crippen molar-refractivity contribution in [3.05, 3.63) is 64.7 Å². The van der Waals surface area contributed by atoms with Gasteiger partial charge in [-0.3, -0.25) is 4.79 Å². The molecule has 0 saturated heterocycles. The van der Waals surface area contributed by atoms with Gasteiger partial charge in [0.05, 0.1) is 23.7 Å². The fourth-order valence-electron chi connectivity index (χ4n) is 3.54. The van der Waals surface area contributed by atoms with Gasteiger partial charge in [0, 0.05) is 12.0 Å². The zero-order valence-corrected chi connectivity index (χ0v) is 14.8. The Kier molecular flexibility index (Phi) is 4.62. The van der Waals surface area contributed by atoms with Crippen molar-refractivity contribution in [2.45, 2.75) is 32.1 Å². The van der Waals surface area contributed by atoms with Crippen LogP contribution in [0.25, 0.3) is 0 Å². The normalized spacial score (nSPS) is 18.4. The molecule has 0 amide bonds. The van der Waals surface area contributed by atoms with Gasteiger partial charge in [0.1, 0.15) is 12.4 Å². The van der Waals surface area contributed by atoms with E-state index < -0.39 is 5.97 Å². The Morgan fingerprint density at radius 2 is 1.88 bits per heavy atom. The molecule has 0 spiro atoms. The van der Waals surface area contributed by atoms with Gasteiger partial charge in [-0.2, -0.15) is 0 Å². The van der Waals surface area contributed by atoms with E-state index in [0.29, 0.717) is 29.9 Å². The Morgan fingerprint density at radius 1 is 1.16 bits per heavy atom. The van der Waals surface area contributed by atoms with Gasteiger partial charge in [-0.15, -0.1) is 0 Å². The first-order valence-electron chi connectivity index (χ1n) is 8.55. The number of ketones is 1. The van der Waals surface area contributed by atoms with Crippen LogP contribution < -0.4 is 4.74 Å². The van der Waals surface area contributed by atoms with Gasteiger partial charge in [0.25, 0.3) is 0 Å². The van der Waals surface area contributed by atoms with E-state index in [4.69, 9.17) is 9.47 Å². The van der Waals surface area contributed by atoms with E-state index in [9.17, 15) is 9.59 Å². The molecular formula is C21H22O4. The molecule has 130 valence electrons. The second-order valence-corrected chi connectivity index (χ2v) is 6.26. The second-order valence-electron chi connectivity index (χ2n) is 6.26. The third-order valence-corrected chi connectivity index (χ3v) is 5.04. The predicted molar refractivity (Wildman–Crippen MR) is 95.4 cm³/mol. The summed E-state index contributed by atoms with van der Waals surface area (Å²) in [7, 11) is 1.34. The van der Waals surface area contributed by atoms with Crippen LogP contribution in [0.1, 0.15) is 58.5 Å². The maximum atomic E-state index is 12.4. The van der Waals surface area contributed by atoms with Crippen molar-refractivity contribution in [1.29, 1.82) is 0 Å². The molecule has 2 aromatic rings. The molecule has 0 N–H and O–H groups in total. The molecule has 25 heavy (non-hydrogen) atoms. The maximum absolute atomic E-state index is 12.4. The van der Waals surface area contributed by atoms with E-state index in [2.05, 4.69) is 19.1 Å². The molecule has 0 saturated carbocycles. The third-order valence-electron chi connectivity index (χ3n) is 5.04. The smallest absolute Gasteiger partial charge is 0.337 e. The largest absolute Gasteiger partial charge is 0.491 e. The number of ether oxygens (including phenoxy) is 2. The Labute approximate surface area is 147 Å². The standard InChI is InChI=1S/C21H22O4/c1-4-18(22)16-11-14(20(23)24-3)12-17-19(16)25-13-21(17,5-2)15-9-7-6-8-10-15/h6-12H,4-5,13H2,1-3H3. The van der Waals surface area contributed by atoms with Crippen LogP contribution in [0.2, 0.25) is 0 Å².